The minimum atomic E-state index is -0.318. The van der Waals surface area contributed by atoms with E-state index in [2.05, 4.69) is 11.9 Å². The lowest BCUT2D eigenvalue weighted by Crippen LogP contribution is -2.24. The number of aryl methyl sites for hydroxylation is 1. The van der Waals surface area contributed by atoms with Crippen molar-refractivity contribution in [1.82, 2.24) is 5.32 Å². The van der Waals surface area contributed by atoms with Crippen LogP contribution in [0.3, 0.4) is 0 Å². The van der Waals surface area contributed by atoms with Crippen LogP contribution in [0.15, 0.2) is 34.2 Å². The number of carbonyl (C=O) groups excluding carboxylic acids is 1. The Hall–Kier alpha value is -1.45. The van der Waals surface area contributed by atoms with Crippen LogP contribution in [0, 0.1) is 6.92 Å². The molecule has 0 saturated heterocycles. The number of halogens is 2. The van der Waals surface area contributed by atoms with E-state index in [1.54, 1.807) is 18.2 Å². The molecule has 0 radical (unpaired) electrons. The van der Waals surface area contributed by atoms with Gasteiger partial charge in [-0.15, -0.1) is 0 Å². The van der Waals surface area contributed by atoms with Crippen LogP contribution in [0.1, 0.15) is 16.1 Å². The second-order valence-electron chi connectivity index (χ2n) is 3.90. The van der Waals surface area contributed by atoms with E-state index in [1.807, 2.05) is 6.92 Å². The molecular formula is C13H11Cl2NO2. The van der Waals surface area contributed by atoms with Crippen molar-refractivity contribution in [1.29, 1.82) is 0 Å². The highest BCUT2D eigenvalue weighted by Gasteiger charge is 2.17. The van der Waals surface area contributed by atoms with Gasteiger partial charge >= 0.3 is 0 Å². The number of rotatable bonds is 3. The molecule has 1 N–H and O–H groups in total. The van der Waals surface area contributed by atoms with Crippen molar-refractivity contribution in [2.75, 3.05) is 6.54 Å². The first-order chi connectivity index (χ1) is 8.49. The summed E-state index contributed by atoms with van der Waals surface area (Å²) in [6.45, 7) is 5.52. The van der Waals surface area contributed by atoms with Crippen LogP contribution in [0.4, 0.5) is 0 Å². The maximum atomic E-state index is 11.9. The molecule has 0 fully saturated rings. The SMILES string of the molecule is C=C(Cl)CNC(=O)c1oc2ccc(Cl)cc2c1C. The zero-order valence-corrected chi connectivity index (χ0v) is 11.2. The number of carbonyl (C=O) groups is 1. The van der Waals surface area contributed by atoms with Crippen molar-refractivity contribution in [3.63, 3.8) is 0 Å². The maximum Gasteiger partial charge on any atom is 0.287 e. The molecule has 0 unspecified atom stereocenters. The summed E-state index contributed by atoms with van der Waals surface area (Å²) in [5.74, 6) is -0.0493. The lowest BCUT2D eigenvalue weighted by molar-refractivity contribution is 0.0931. The Morgan fingerprint density at radius 1 is 1.50 bits per heavy atom. The Labute approximate surface area is 114 Å². The molecule has 2 rings (SSSR count). The van der Waals surface area contributed by atoms with Crippen molar-refractivity contribution < 1.29 is 9.21 Å². The Morgan fingerprint density at radius 3 is 2.89 bits per heavy atom. The number of amides is 1. The molecule has 94 valence electrons. The number of furan rings is 1. The minimum absolute atomic E-state index is 0.206. The predicted octanol–water partition coefficient (Wildman–Crippen LogP) is 3.88. The van der Waals surface area contributed by atoms with E-state index in [1.165, 1.54) is 0 Å². The standard InChI is InChI=1S/C13H11Cl2NO2/c1-7(14)6-16-13(17)12-8(2)10-5-9(15)3-4-11(10)18-12/h3-5H,1,6H2,2H3,(H,16,17). The summed E-state index contributed by atoms with van der Waals surface area (Å²) >= 11 is 11.5. The van der Waals surface area contributed by atoms with Gasteiger partial charge in [-0.2, -0.15) is 0 Å². The van der Waals surface area contributed by atoms with Crippen LogP contribution in [0.5, 0.6) is 0 Å². The fourth-order valence-electron chi connectivity index (χ4n) is 1.67. The third-order valence-electron chi connectivity index (χ3n) is 2.55. The summed E-state index contributed by atoms with van der Waals surface area (Å²) in [4.78, 5) is 11.9. The molecule has 0 atom stereocenters. The van der Waals surface area contributed by atoms with E-state index in [0.29, 0.717) is 15.6 Å². The number of hydrogen-bond acceptors (Lipinski definition) is 2. The number of fused-ring (bicyclic) bond motifs is 1. The summed E-state index contributed by atoms with van der Waals surface area (Å²) in [7, 11) is 0. The summed E-state index contributed by atoms with van der Waals surface area (Å²) in [6.07, 6.45) is 0. The molecular weight excluding hydrogens is 273 g/mol. The summed E-state index contributed by atoms with van der Waals surface area (Å²) in [6, 6.07) is 5.23. The predicted molar refractivity (Wildman–Crippen MR) is 73.3 cm³/mol. The van der Waals surface area contributed by atoms with Crippen molar-refractivity contribution in [2.45, 2.75) is 6.92 Å². The smallest absolute Gasteiger partial charge is 0.287 e. The fourth-order valence-corrected chi connectivity index (χ4v) is 1.91. The topological polar surface area (TPSA) is 42.2 Å². The van der Waals surface area contributed by atoms with Gasteiger partial charge in [0.15, 0.2) is 5.76 Å². The van der Waals surface area contributed by atoms with E-state index in [9.17, 15) is 4.79 Å². The molecule has 0 saturated carbocycles. The Kier molecular flexibility index (Phi) is 3.64. The van der Waals surface area contributed by atoms with Crippen LogP contribution < -0.4 is 5.32 Å². The van der Waals surface area contributed by atoms with Gasteiger partial charge in [-0.3, -0.25) is 4.79 Å². The molecule has 5 heteroatoms. The van der Waals surface area contributed by atoms with Gasteiger partial charge in [-0.05, 0) is 25.1 Å². The largest absolute Gasteiger partial charge is 0.451 e. The maximum absolute atomic E-state index is 11.9. The molecule has 2 aromatic rings. The van der Waals surface area contributed by atoms with Crippen LogP contribution in [-0.2, 0) is 0 Å². The monoisotopic (exact) mass is 283 g/mol. The van der Waals surface area contributed by atoms with E-state index < -0.39 is 0 Å². The molecule has 0 aliphatic carbocycles. The van der Waals surface area contributed by atoms with Gasteiger partial charge in [-0.25, -0.2) is 0 Å². The van der Waals surface area contributed by atoms with Crippen molar-refractivity contribution in [2.24, 2.45) is 0 Å². The van der Waals surface area contributed by atoms with Crippen molar-refractivity contribution >= 4 is 40.1 Å². The first kappa shape index (κ1) is 13.0. The Bertz CT molecular complexity index is 631. The highest BCUT2D eigenvalue weighted by Crippen LogP contribution is 2.27. The molecule has 0 bridgehead atoms. The van der Waals surface area contributed by atoms with Crippen LogP contribution >= 0.6 is 23.2 Å². The average molecular weight is 284 g/mol. The van der Waals surface area contributed by atoms with Crippen LogP contribution in [-0.4, -0.2) is 12.5 Å². The second-order valence-corrected chi connectivity index (χ2v) is 4.87. The molecule has 1 aromatic carbocycles. The van der Waals surface area contributed by atoms with Crippen molar-refractivity contribution in [3.05, 3.63) is 46.2 Å². The quantitative estimate of drug-likeness (QED) is 0.929. The molecule has 1 amide bonds. The van der Waals surface area contributed by atoms with Gasteiger partial charge in [0.05, 0.1) is 6.54 Å². The molecule has 0 spiro atoms. The van der Waals surface area contributed by atoms with Gasteiger partial charge in [0.1, 0.15) is 5.58 Å². The Morgan fingerprint density at radius 2 is 2.22 bits per heavy atom. The van der Waals surface area contributed by atoms with Crippen LogP contribution in [0.25, 0.3) is 11.0 Å². The lowest BCUT2D eigenvalue weighted by atomic mass is 10.1. The number of benzene rings is 1. The van der Waals surface area contributed by atoms with Gasteiger partial charge < -0.3 is 9.73 Å². The van der Waals surface area contributed by atoms with Gasteiger partial charge in [0.25, 0.3) is 5.91 Å². The number of nitrogens with one attached hydrogen (secondary N) is 1. The zero-order valence-electron chi connectivity index (χ0n) is 9.72. The molecule has 0 aliphatic rings. The molecule has 1 aromatic heterocycles. The summed E-state index contributed by atoms with van der Waals surface area (Å²) in [5.41, 5.74) is 1.39. The third-order valence-corrected chi connectivity index (χ3v) is 2.91. The van der Waals surface area contributed by atoms with Crippen molar-refractivity contribution in [3.8, 4) is 0 Å². The van der Waals surface area contributed by atoms with E-state index >= 15 is 0 Å². The highest BCUT2D eigenvalue weighted by atomic mass is 35.5. The molecule has 0 aliphatic heterocycles. The summed E-state index contributed by atoms with van der Waals surface area (Å²) in [5, 5.41) is 4.41. The molecule has 3 nitrogen and oxygen atoms in total. The zero-order chi connectivity index (χ0) is 13.3. The first-order valence-corrected chi connectivity index (χ1v) is 6.04. The third kappa shape index (κ3) is 2.52. The minimum Gasteiger partial charge on any atom is -0.451 e. The fraction of sp³-hybridized carbons (Fsp3) is 0.154. The summed E-state index contributed by atoms with van der Waals surface area (Å²) < 4.78 is 5.50. The van der Waals surface area contributed by atoms with E-state index in [4.69, 9.17) is 27.6 Å². The van der Waals surface area contributed by atoms with E-state index in [-0.39, 0.29) is 18.2 Å². The first-order valence-electron chi connectivity index (χ1n) is 5.29. The van der Waals surface area contributed by atoms with Crippen LogP contribution in [0.2, 0.25) is 5.02 Å². The average Bonchev–Trinajstić information content (AvgIpc) is 2.64. The van der Waals surface area contributed by atoms with Gasteiger partial charge in [0.2, 0.25) is 0 Å². The molecule has 18 heavy (non-hydrogen) atoms. The van der Waals surface area contributed by atoms with E-state index in [0.717, 1.165) is 10.9 Å². The second kappa shape index (κ2) is 5.04. The lowest BCUT2D eigenvalue weighted by Gasteiger charge is -2.01. The molecule has 1 heterocycles. The number of hydrogen-bond donors (Lipinski definition) is 1. The Balaban J connectivity index is 2.36. The normalized spacial score (nSPS) is 10.6. The van der Waals surface area contributed by atoms with Gasteiger partial charge in [0, 0.05) is 21.0 Å². The highest BCUT2D eigenvalue weighted by molar-refractivity contribution is 6.31. The van der Waals surface area contributed by atoms with Gasteiger partial charge in [-0.1, -0.05) is 29.8 Å².